The SMILES string of the molecule is O=[N+]([O-])c1c(F)cnc(F)c1C(F)F. The Morgan fingerprint density at radius 3 is 2.36 bits per heavy atom. The molecule has 14 heavy (non-hydrogen) atoms. The van der Waals surface area contributed by atoms with Crippen LogP contribution in [0.5, 0.6) is 0 Å². The van der Waals surface area contributed by atoms with Crippen molar-refractivity contribution in [2.24, 2.45) is 0 Å². The molecule has 0 radical (unpaired) electrons. The smallest absolute Gasteiger partial charge is 0.258 e. The van der Waals surface area contributed by atoms with E-state index in [0.717, 1.165) is 0 Å². The van der Waals surface area contributed by atoms with Gasteiger partial charge in [-0.05, 0) is 0 Å². The predicted molar refractivity (Wildman–Crippen MR) is 35.8 cm³/mol. The monoisotopic (exact) mass is 210 g/mol. The largest absolute Gasteiger partial charge is 0.319 e. The van der Waals surface area contributed by atoms with Crippen molar-refractivity contribution in [1.29, 1.82) is 0 Å². The van der Waals surface area contributed by atoms with E-state index in [1.807, 2.05) is 0 Å². The van der Waals surface area contributed by atoms with Gasteiger partial charge in [-0.25, -0.2) is 13.8 Å². The third-order valence-corrected chi connectivity index (χ3v) is 1.40. The van der Waals surface area contributed by atoms with Crippen LogP contribution in [0.15, 0.2) is 6.20 Å². The molecular weight excluding hydrogens is 208 g/mol. The third kappa shape index (κ3) is 1.63. The maximum atomic E-state index is 12.6. The Morgan fingerprint density at radius 1 is 1.43 bits per heavy atom. The number of halogens is 4. The standard InChI is InChI=1S/C6H2F4N2O2/c7-2-1-11-6(10)3(5(8)9)4(2)12(13)14/h1,5H. The van der Waals surface area contributed by atoms with Crippen LogP contribution in [0.1, 0.15) is 12.0 Å². The van der Waals surface area contributed by atoms with Crippen molar-refractivity contribution >= 4 is 5.69 Å². The first kappa shape index (κ1) is 10.4. The van der Waals surface area contributed by atoms with Gasteiger partial charge in [0.1, 0.15) is 0 Å². The number of alkyl halides is 2. The maximum Gasteiger partial charge on any atom is 0.319 e. The van der Waals surface area contributed by atoms with E-state index in [2.05, 4.69) is 4.98 Å². The highest BCUT2D eigenvalue weighted by molar-refractivity contribution is 5.40. The second-order valence-corrected chi connectivity index (χ2v) is 2.22. The quantitative estimate of drug-likeness (QED) is 0.325. The van der Waals surface area contributed by atoms with Gasteiger partial charge in [0.2, 0.25) is 11.8 Å². The van der Waals surface area contributed by atoms with E-state index in [1.54, 1.807) is 0 Å². The minimum atomic E-state index is -3.49. The lowest BCUT2D eigenvalue weighted by molar-refractivity contribution is -0.389. The van der Waals surface area contributed by atoms with Crippen LogP contribution < -0.4 is 0 Å². The minimum absolute atomic E-state index is 0.180. The van der Waals surface area contributed by atoms with Crippen LogP contribution in [0.2, 0.25) is 0 Å². The summed E-state index contributed by atoms with van der Waals surface area (Å²) in [4.78, 5) is 11.3. The lowest BCUT2D eigenvalue weighted by Crippen LogP contribution is -2.04. The Balaban J connectivity index is 3.50. The number of nitrogens with zero attached hydrogens (tertiary/aromatic N) is 2. The summed E-state index contributed by atoms with van der Waals surface area (Å²) in [6.07, 6.45) is -3.31. The van der Waals surface area contributed by atoms with Gasteiger partial charge in [0, 0.05) is 0 Å². The van der Waals surface area contributed by atoms with E-state index < -0.39 is 34.4 Å². The van der Waals surface area contributed by atoms with E-state index >= 15 is 0 Å². The van der Waals surface area contributed by atoms with Crippen LogP contribution in [0, 0.1) is 21.9 Å². The Hall–Kier alpha value is -1.73. The van der Waals surface area contributed by atoms with Crippen LogP contribution in [0.25, 0.3) is 0 Å². The van der Waals surface area contributed by atoms with E-state index in [4.69, 9.17) is 0 Å². The molecule has 8 heteroatoms. The van der Waals surface area contributed by atoms with Gasteiger partial charge in [0.05, 0.1) is 11.1 Å². The van der Waals surface area contributed by atoms with E-state index in [0.29, 0.717) is 0 Å². The van der Waals surface area contributed by atoms with Crippen LogP contribution in [0.3, 0.4) is 0 Å². The van der Waals surface area contributed by atoms with Crippen LogP contribution >= 0.6 is 0 Å². The van der Waals surface area contributed by atoms with Gasteiger partial charge in [0.15, 0.2) is 5.56 Å². The van der Waals surface area contributed by atoms with Gasteiger partial charge in [-0.3, -0.25) is 10.1 Å². The number of pyridine rings is 1. The fourth-order valence-corrected chi connectivity index (χ4v) is 0.849. The van der Waals surface area contributed by atoms with Crippen molar-refractivity contribution in [3.63, 3.8) is 0 Å². The fourth-order valence-electron chi connectivity index (χ4n) is 0.849. The molecule has 1 rings (SSSR count). The average Bonchev–Trinajstić information content (AvgIpc) is 2.07. The molecule has 0 spiro atoms. The highest BCUT2D eigenvalue weighted by Gasteiger charge is 2.31. The average molecular weight is 210 g/mol. The number of aromatic nitrogens is 1. The zero-order chi connectivity index (χ0) is 10.9. The van der Waals surface area contributed by atoms with Crippen molar-refractivity contribution in [3.8, 4) is 0 Å². The van der Waals surface area contributed by atoms with Gasteiger partial charge < -0.3 is 0 Å². The molecular formula is C6H2F4N2O2. The Kier molecular flexibility index (Phi) is 2.63. The molecule has 0 aliphatic rings. The molecule has 76 valence electrons. The second-order valence-electron chi connectivity index (χ2n) is 2.22. The number of hydrogen-bond acceptors (Lipinski definition) is 3. The first-order valence-electron chi connectivity index (χ1n) is 3.21. The molecule has 0 fully saturated rings. The zero-order valence-corrected chi connectivity index (χ0v) is 6.38. The van der Waals surface area contributed by atoms with Crippen molar-refractivity contribution in [3.05, 3.63) is 33.6 Å². The lowest BCUT2D eigenvalue weighted by Gasteiger charge is -2.02. The van der Waals surface area contributed by atoms with Gasteiger partial charge in [-0.15, -0.1) is 0 Å². The molecule has 0 amide bonds. The summed E-state index contributed by atoms with van der Waals surface area (Å²) in [5.41, 5.74) is -3.21. The van der Waals surface area contributed by atoms with Crippen molar-refractivity contribution < 1.29 is 22.5 Å². The summed E-state index contributed by atoms with van der Waals surface area (Å²) in [5.74, 6) is -3.33. The number of nitro groups is 1. The first-order valence-corrected chi connectivity index (χ1v) is 3.21. The molecule has 1 aromatic heterocycles. The predicted octanol–water partition coefficient (Wildman–Crippen LogP) is 2.21. The normalized spacial score (nSPS) is 10.6. The number of hydrogen-bond donors (Lipinski definition) is 0. The molecule has 0 saturated heterocycles. The van der Waals surface area contributed by atoms with Crippen molar-refractivity contribution in [1.82, 2.24) is 4.98 Å². The summed E-state index contributed by atoms with van der Waals surface area (Å²) < 4.78 is 49.4. The molecule has 0 N–H and O–H groups in total. The maximum absolute atomic E-state index is 12.6. The Morgan fingerprint density at radius 2 is 2.00 bits per heavy atom. The summed E-state index contributed by atoms with van der Waals surface area (Å²) in [6, 6.07) is 0. The molecule has 0 atom stereocenters. The molecule has 0 aliphatic carbocycles. The Bertz CT molecular complexity index is 382. The van der Waals surface area contributed by atoms with Crippen LogP contribution in [0.4, 0.5) is 23.2 Å². The van der Waals surface area contributed by atoms with Crippen molar-refractivity contribution in [2.45, 2.75) is 6.43 Å². The fraction of sp³-hybridized carbons (Fsp3) is 0.167. The molecule has 0 saturated carbocycles. The lowest BCUT2D eigenvalue weighted by atomic mass is 10.2. The number of rotatable bonds is 2. The summed E-state index contributed by atoms with van der Waals surface area (Å²) in [6.45, 7) is 0. The van der Waals surface area contributed by atoms with Crippen LogP contribution in [-0.4, -0.2) is 9.91 Å². The minimum Gasteiger partial charge on any atom is -0.258 e. The van der Waals surface area contributed by atoms with Crippen molar-refractivity contribution in [2.75, 3.05) is 0 Å². The summed E-state index contributed by atoms with van der Waals surface area (Å²) in [5, 5.41) is 10.1. The Labute approximate surface area is 74.3 Å². The zero-order valence-electron chi connectivity index (χ0n) is 6.38. The summed E-state index contributed by atoms with van der Waals surface area (Å²) in [7, 11) is 0. The third-order valence-electron chi connectivity index (χ3n) is 1.40. The molecule has 0 aromatic carbocycles. The van der Waals surface area contributed by atoms with Gasteiger partial charge in [-0.1, -0.05) is 0 Å². The summed E-state index contributed by atoms with van der Waals surface area (Å²) >= 11 is 0. The van der Waals surface area contributed by atoms with E-state index in [1.165, 1.54) is 0 Å². The molecule has 0 aliphatic heterocycles. The highest BCUT2D eigenvalue weighted by atomic mass is 19.3. The molecule has 4 nitrogen and oxygen atoms in total. The molecule has 1 aromatic rings. The molecule has 0 bridgehead atoms. The van der Waals surface area contributed by atoms with E-state index in [-0.39, 0.29) is 6.20 Å². The first-order chi connectivity index (χ1) is 6.45. The van der Waals surface area contributed by atoms with Gasteiger partial charge in [0.25, 0.3) is 6.43 Å². The second kappa shape index (κ2) is 3.56. The topological polar surface area (TPSA) is 56.0 Å². The van der Waals surface area contributed by atoms with Gasteiger partial charge in [-0.2, -0.15) is 8.78 Å². The van der Waals surface area contributed by atoms with E-state index in [9.17, 15) is 27.7 Å². The molecule has 1 heterocycles. The van der Waals surface area contributed by atoms with Gasteiger partial charge >= 0.3 is 5.69 Å². The van der Waals surface area contributed by atoms with Crippen LogP contribution in [-0.2, 0) is 0 Å². The molecule has 0 unspecified atom stereocenters. The highest BCUT2D eigenvalue weighted by Crippen LogP contribution is 2.31.